The van der Waals surface area contributed by atoms with E-state index in [9.17, 15) is 9.59 Å². The molecule has 0 aliphatic carbocycles. The minimum absolute atomic E-state index is 0.193. The quantitative estimate of drug-likeness (QED) is 0.776. The fraction of sp³-hybridized carbons (Fsp3) is 0.500. The van der Waals surface area contributed by atoms with Gasteiger partial charge in [-0.25, -0.2) is 0 Å². The number of rotatable bonds is 3. The molecule has 1 aromatic carbocycles. The maximum atomic E-state index is 12.1. The van der Waals surface area contributed by atoms with E-state index in [0.29, 0.717) is 37.7 Å². The number of carbonyl (C=O) groups excluding carboxylic acids is 2. The van der Waals surface area contributed by atoms with E-state index in [1.165, 1.54) is 0 Å². The summed E-state index contributed by atoms with van der Waals surface area (Å²) < 4.78 is 15.9. The van der Waals surface area contributed by atoms with E-state index in [2.05, 4.69) is 0 Å². The molecule has 1 amide bonds. The first-order valence-corrected chi connectivity index (χ1v) is 7.94. The van der Waals surface area contributed by atoms with Gasteiger partial charge in [0.15, 0.2) is 6.61 Å². The second-order valence-corrected chi connectivity index (χ2v) is 6.00. The van der Waals surface area contributed by atoms with Gasteiger partial charge in [-0.1, -0.05) is 11.6 Å². The average Bonchev–Trinajstić information content (AvgIpc) is 2.59. The number of fused-ring (bicyclic) bond motifs is 1. The third-order valence-corrected chi connectivity index (χ3v) is 4.20. The van der Waals surface area contributed by atoms with Gasteiger partial charge in [0.25, 0.3) is 5.91 Å². The highest BCUT2D eigenvalue weighted by atomic mass is 35.5. The zero-order valence-corrected chi connectivity index (χ0v) is 13.4. The van der Waals surface area contributed by atoms with Gasteiger partial charge in [0, 0.05) is 18.1 Å². The molecule has 0 unspecified atom stereocenters. The fourth-order valence-corrected chi connectivity index (χ4v) is 2.86. The van der Waals surface area contributed by atoms with Crippen LogP contribution in [0.25, 0.3) is 0 Å². The molecule has 0 radical (unpaired) electrons. The first-order chi connectivity index (χ1) is 11.1. The summed E-state index contributed by atoms with van der Waals surface area (Å²) in [5, 5.41) is 0.601. The highest BCUT2D eigenvalue weighted by molar-refractivity contribution is 6.30. The lowest BCUT2D eigenvalue weighted by Gasteiger charge is -2.27. The molecule has 1 fully saturated rings. The van der Waals surface area contributed by atoms with Gasteiger partial charge in [-0.05, 0) is 30.2 Å². The van der Waals surface area contributed by atoms with E-state index in [1.54, 1.807) is 23.1 Å². The van der Waals surface area contributed by atoms with Crippen LogP contribution in [0.4, 0.5) is 0 Å². The largest absolute Gasteiger partial charge is 0.492 e. The van der Waals surface area contributed by atoms with Gasteiger partial charge in [-0.15, -0.1) is 0 Å². The van der Waals surface area contributed by atoms with Gasteiger partial charge in [0.05, 0.1) is 19.1 Å². The summed E-state index contributed by atoms with van der Waals surface area (Å²) in [6.07, 6.45) is 0.500. The van der Waals surface area contributed by atoms with Crippen molar-refractivity contribution in [3.05, 3.63) is 28.8 Å². The lowest BCUT2D eigenvalue weighted by molar-refractivity contribution is -0.157. The first kappa shape index (κ1) is 16.1. The van der Waals surface area contributed by atoms with Crippen LogP contribution in [0.2, 0.25) is 5.02 Å². The van der Waals surface area contributed by atoms with Crippen LogP contribution in [0.15, 0.2) is 18.2 Å². The maximum absolute atomic E-state index is 12.1. The number of esters is 1. The van der Waals surface area contributed by atoms with Crippen LogP contribution in [-0.2, 0) is 25.5 Å². The molecule has 3 rings (SSSR count). The van der Waals surface area contributed by atoms with Gasteiger partial charge >= 0.3 is 5.97 Å². The van der Waals surface area contributed by atoms with Crippen LogP contribution in [0, 0.1) is 5.92 Å². The second kappa shape index (κ2) is 7.19. The standard InChI is InChI=1S/C16H18ClNO5/c17-13-1-2-14-11(8-13)7-12(9-22-14)16(20)23-10-15(19)18-3-5-21-6-4-18/h1-2,8,12H,3-7,9-10H2/t12-/m0/s1. The van der Waals surface area contributed by atoms with Crippen molar-refractivity contribution < 1.29 is 23.8 Å². The molecule has 1 atom stereocenters. The SMILES string of the molecule is O=C(OCC(=O)N1CCOCC1)[C@@H]1COc2ccc(Cl)cc2C1. The summed E-state index contributed by atoms with van der Waals surface area (Å²) in [7, 11) is 0. The number of benzene rings is 1. The molecule has 124 valence electrons. The third-order valence-electron chi connectivity index (χ3n) is 3.96. The number of morpholine rings is 1. The van der Waals surface area contributed by atoms with E-state index >= 15 is 0 Å². The number of amides is 1. The van der Waals surface area contributed by atoms with E-state index < -0.39 is 11.9 Å². The van der Waals surface area contributed by atoms with Gasteiger partial charge in [-0.2, -0.15) is 0 Å². The van der Waals surface area contributed by atoms with Gasteiger partial charge in [0.2, 0.25) is 0 Å². The predicted octanol–water partition coefficient (Wildman–Crippen LogP) is 1.29. The van der Waals surface area contributed by atoms with E-state index in [1.807, 2.05) is 0 Å². The molecule has 0 N–H and O–H groups in total. The van der Waals surface area contributed by atoms with Crippen molar-refractivity contribution in [1.82, 2.24) is 4.90 Å². The van der Waals surface area contributed by atoms with Crippen LogP contribution in [0.5, 0.6) is 5.75 Å². The molecule has 2 heterocycles. The molecule has 1 aromatic rings. The smallest absolute Gasteiger partial charge is 0.313 e. The minimum Gasteiger partial charge on any atom is -0.492 e. The van der Waals surface area contributed by atoms with Crippen molar-refractivity contribution in [1.29, 1.82) is 0 Å². The second-order valence-electron chi connectivity index (χ2n) is 5.56. The van der Waals surface area contributed by atoms with Crippen LogP contribution < -0.4 is 4.74 Å². The average molecular weight is 340 g/mol. The minimum atomic E-state index is -0.419. The Hall–Kier alpha value is -1.79. The summed E-state index contributed by atoms with van der Waals surface area (Å²) in [5.41, 5.74) is 0.880. The van der Waals surface area contributed by atoms with Crippen molar-refractivity contribution in [2.75, 3.05) is 39.5 Å². The Morgan fingerprint density at radius 1 is 1.30 bits per heavy atom. The maximum Gasteiger partial charge on any atom is 0.313 e. The van der Waals surface area contributed by atoms with E-state index in [0.717, 1.165) is 11.3 Å². The molecule has 23 heavy (non-hydrogen) atoms. The molecule has 2 aliphatic heterocycles. The number of hydrogen-bond acceptors (Lipinski definition) is 5. The highest BCUT2D eigenvalue weighted by Crippen LogP contribution is 2.30. The monoisotopic (exact) mass is 339 g/mol. The Morgan fingerprint density at radius 3 is 2.87 bits per heavy atom. The lowest BCUT2D eigenvalue weighted by atomic mass is 9.97. The highest BCUT2D eigenvalue weighted by Gasteiger charge is 2.28. The molecule has 0 aromatic heterocycles. The topological polar surface area (TPSA) is 65.1 Å². The van der Waals surface area contributed by atoms with Crippen molar-refractivity contribution >= 4 is 23.5 Å². The molecule has 0 bridgehead atoms. The number of nitrogens with zero attached hydrogens (tertiary/aromatic N) is 1. The van der Waals surface area contributed by atoms with Gasteiger partial charge in [-0.3, -0.25) is 9.59 Å². The molecule has 1 saturated heterocycles. The van der Waals surface area contributed by atoms with Crippen molar-refractivity contribution in [3.63, 3.8) is 0 Å². The van der Waals surface area contributed by atoms with Crippen LogP contribution in [0.1, 0.15) is 5.56 Å². The molecule has 0 saturated carbocycles. The molecular formula is C16H18ClNO5. The molecule has 2 aliphatic rings. The summed E-state index contributed by atoms with van der Waals surface area (Å²) in [5.74, 6) is -0.291. The summed E-state index contributed by atoms with van der Waals surface area (Å²) in [4.78, 5) is 25.8. The Bertz CT molecular complexity index is 600. The normalized spacial score (nSPS) is 20.4. The first-order valence-electron chi connectivity index (χ1n) is 7.57. The van der Waals surface area contributed by atoms with Gasteiger partial charge in [0.1, 0.15) is 12.4 Å². The van der Waals surface area contributed by atoms with E-state index in [4.69, 9.17) is 25.8 Å². The van der Waals surface area contributed by atoms with Crippen LogP contribution in [-0.4, -0.2) is 56.3 Å². The zero-order valence-electron chi connectivity index (χ0n) is 12.6. The van der Waals surface area contributed by atoms with Crippen molar-refractivity contribution in [2.45, 2.75) is 6.42 Å². The molecule has 0 spiro atoms. The molecular weight excluding hydrogens is 322 g/mol. The Labute approximate surface area is 139 Å². The summed E-state index contributed by atoms with van der Waals surface area (Å²) in [6, 6.07) is 5.33. The van der Waals surface area contributed by atoms with Crippen LogP contribution in [0.3, 0.4) is 0 Å². The zero-order chi connectivity index (χ0) is 16.2. The Morgan fingerprint density at radius 2 is 2.09 bits per heavy atom. The Balaban J connectivity index is 1.52. The lowest BCUT2D eigenvalue weighted by Crippen LogP contribution is -2.43. The van der Waals surface area contributed by atoms with E-state index in [-0.39, 0.29) is 19.1 Å². The summed E-state index contributed by atoms with van der Waals surface area (Å²) >= 11 is 5.96. The fourth-order valence-electron chi connectivity index (χ4n) is 2.67. The van der Waals surface area contributed by atoms with Crippen molar-refractivity contribution in [3.8, 4) is 5.75 Å². The summed E-state index contributed by atoms with van der Waals surface area (Å²) in [6.45, 7) is 2.13. The van der Waals surface area contributed by atoms with Crippen LogP contribution >= 0.6 is 11.6 Å². The number of hydrogen-bond donors (Lipinski definition) is 0. The molecule has 6 nitrogen and oxygen atoms in total. The number of carbonyl (C=O) groups is 2. The number of halogens is 1. The van der Waals surface area contributed by atoms with Gasteiger partial charge < -0.3 is 19.1 Å². The Kier molecular flexibility index (Phi) is 5.03. The third kappa shape index (κ3) is 3.95. The molecule has 7 heteroatoms. The number of ether oxygens (including phenoxy) is 3. The predicted molar refractivity (Wildman–Crippen MR) is 82.5 cm³/mol. The van der Waals surface area contributed by atoms with Crippen molar-refractivity contribution in [2.24, 2.45) is 5.92 Å².